The van der Waals surface area contributed by atoms with Crippen molar-refractivity contribution in [2.45, 2.75) is 25.4 Å². The molecule has 0 aliphatic carbocycles. The van der Waals surface area contributed by atoms with Gasteiger partial charge in [0.1, 0.15) is 5.75 Å². The van der Waals surface area contributed by atoms with Crippen molar-refractivity contribution in [2.24, 2.45) is 0 Å². The van der Waals surface area contributed by atoms with Crippen molar-refractivity contribution in [1.29, 1.82) is 0 Å². The van der Waals surface area contributed by atoms with E-state index in [4.69, 9.17) is 4.74 Å². The molecule has 0 bridgehead atoms. The van der Waals surface area contributed by atoms with Gasteiger partial charge in [0.2, 0.25) is 5.91 Å². The van der Waals surface area contributed by atoms with Crippen molar-refractivity contribution in [3.63, 3.8) is 0 Å². The highest BCUT2D eigenvalue weighted by atomic mass is 19.2. The number of pyridine rings is 1. The second-order valence-corrected chi connectivity index (χ2v) is 6.06. The lowest BCUT2D eigenvalue weighted by molar-refractivity contribution is -0.133. The number of rotatable bonds is 3. The van der Waals surface area contributed by atoms with E-state index in [2.05, 4.69) is 4.98 Å². The fourth-order valence-corrected chi connectivity index (χ4v) is 3.25. The first-order chi connectivity index (χ1) is 11.5. The molecular formula is C17H20FN3O3. The van der Waals surface area contributed by atoms with Crippen molar-refractivity contribution in [1.82, 2.24) is 9.88 Å². The molecule has 1 aromatic heterocycles. The lowest BCUT2D eigenvalue weighted by Crippen LogP contribution is -2.44. The standard InChI is InChI=1S/C17H20FN3O3/c1-11(22)21-7-4-17(23,5-8-21)13-9-12-14(20-18)3-6-19-15(12)10-16(13)24-2/h3,6,9-10,23H,4-5,7-8H2,1-2H3,(H,19,20). The second-order valence-electron chi connectivity index (χ2n) is 6.06. The highest BCUT2D eigenvalue weighted by molar-refractivity contribution is 5.92. The molecule has 0 unspecified atom stereocenters. The van der Waals surface area contributed by atoms with E-state index >= 15 is 0 Å². The number of carbonyl (C=O) groups is 1. The number of amides is 1. The molecule has 1 saturated heterocycles. The van der Waals surface area contributed by atoms with Crippen LogP contribution >= 0.6 is 0 Å². The molecule has 1 aromatic carbocycles. The first kappa shape index (κ1) is 16.4. The minimum absolute atomic E-state index is 0.00404. The quantitative estimate of drug-likeness (QED) is 0.844. The Bertz CT molecular complexity index is 773. The summed E-state index contributed by atoms with van der Waals surface area (Å²) >= 11 is 0. The largest absolute Gasteiger partial charge is 0.496 e. The number of piperidine rings is 1. The molecule has 0 spiro atoms. The molecule has 24 heavy (non-hydrogen) atoms. The number of aromatic nitrogens is 1. The van der Waals surface area contributed by atoms with Crippen LogP contribution in [-0.2, 0) is 10.4 Å². The molecule has 0 atom stereocenters. The maximum atomic E-state index is 13.0. The average molecular weight is 333 g/mol. The van der Waals surface area contributed by atoms with Gasteiger partial charge in [-0.2, -0.15) is 0 Å². The number of nitrogens with zero attached hydrogens (tertiary/aromatic N) is 2. The van der Waals surface area contributed by atoms with Crippen LogP contribution in [0.2, 0.25) is 0 Å². The van der Waals surface area contributed by atoms with E-state index in [1.54, 1.807) is 22.6 Å². The molecule has 2 N–H and O–H groups in total. The van der Waals surface area contributed by atoms with Gasteiger partial charge in [-0.05, 0) is 25.0 Å². The van der Waals surface area contributed by atoms with Gasteiger partial charge in [0.05, 0.1) is 23.9 Å². The molecule has 1 aliphatic heterocycles. The van der Waals surface area contributed by atoms with Crippen LogP contribution in [0.5, 0.6) is 5.75 Å². The highest BCUT2D eigenvalue weighted by Crippen LogP contribution is 2.41. The number of hydrogen-bond donors (Lipinski definition) is 2. The zero-order chi connectivity index (χ0) is 17.3. The van der Waals surface area contributed by atoms with E-state index in [0.717, 1.165) is 0 Å². The van der Waals surface area contributed by atoms with Gasteiger partial charge in [0.15, 0.2) is 0 Å². The third-order valence-corrected chi connectivity index (χ3v) is 4.70. The third-order valence-electron chi connectivity index (χ3n) is 4.70. The Morgan fingerprint density at radius 2 is 2.12 bits per heavy atom. The Morgan fingerprint density at radius 1 is 1.42 bits per heavy atom. The van der Waals surface area contributed by atoms with Crippen molar-refractivity contribution in [3.05, 3.63) is 30.0 Å². The molecular weight excluding hydrogens is 313 g/mol. The lowest BCUT2D eigenvalue weighted by atomic mass is 9.83. The topological polar surface area (TPSA) is 74.7 Å². The van der Waals surface area contributed by atoms with Crippen molar-refractivity contribution >= 4 is 22.5 Å². The normalized spacial score (nSPS) is 16.9. The molecule has 2 aromatic rings. The van der Waals surface area contributed by atoms with Gasteiger partial charge < -0.3 is 14.7 Å². The van der Waals surface area contributed by atoms with E-state index in [1.165, 1.54) is 26.3 Å². The van der Waals surface area contributed by atoms with Gasteiger partial charge in [-0.3, -0.25) is 9.78 Å². The fourth-order valence-electron chi connectivity index (χ4n) is 3.25. The van der Waals surface area contributed by atoms with Gasteiger partial charge >= 0.3 is 0 Å². The minimum Gasteiger partial charge on any atom is -0.496 e. The van der Waals surface area contributed by atoms with Crippen molar-refractivity contribution < 1.29 is 19.1 Å². The number of hydrogen-bond acceptors (Lipinski definition) is 5. The van der Waals surface area contributed by atoms with Crippen LogP contribution in [0.1, 0.15) is 25.3 Å². The van der Waals surface area contributed by atoms with Gasteiger partial charge in [-0.25, -0.2) is 5.54 Å². The number of aliphatic hydroxyl groups is 1. The van der Waals surface area contributed by atoms with Crippen molar-refractivity contribution in [2.75, 3.05) is 25.7 Å². The van der Waals surface area contributed by atoms with Crippen LogP contribution < -0.4 is 10.3 Å². The predicted octanol–water partition coefficient (Wildman–Crippen LogP) is 2.37. The number of fused-ring (bicyclic) bond motifs is 1. The monoisotopic (exact) mass is 333 g/mol. The summed E-state index contributed by atoms with van der Waals surface area (Å²) in [6, 6.07) is 4.94. The van der Waals surface area contributed by atoms with Crippen LogP contribution in [0.3, 0.4) is 0 Å². The van der Waals surface area contributed by atoms with Gasteiger partial charge in [0, 0.05) is 43.2 Å². The molecule has 1 fully saturated rings. The van der Waals surface area contributed by atoms with E-state index < -0.39 is 5.60 Å². The molecule has 0 saturated carbocycles. The van der Waals surface area contributed by atoms with Crippen LogP contribution in [0.25, 0.3) is 10.9 Å². The first-order valence-corrected chi connectivity index (χ1v) is 7.80. The number of anilines is 1. The minimum atomic E-state index is -1.13. The summed E-state index contributed by atoms with van der Waals surface area (Å²) in [5.74, 6) is 0.500. The summed E-state index contributed by atoms with van der Waals surface area (Å²) in [6.45, 7) is 2.45. The number of halogens is 1. The summed E-state index contributed by atoms with van der Waals surface area (Å²) in [4.78, 5) is 17.4. The molecule has 2 heterocycles. The van der Waals surface area contributed by atoms with Crippen LogP contribution in [0.15, 0.2) is 24.4 Å². The van der Waals surface area contributed by atoms with Crippen molar-refractivity contribution in [3.8, 4) is 5.75 Å². The second kappa shape index (κ2) is 6.24. The Kier molecular flexibility index (Phi) is 4.28. The van der Waals surface area contributed by atoms with Crippen LogP contribution in [-0.4, -0.2) is 41.1 Å². The Balaban J connectivity index is 2.06. The molecule has 7 heteroatoms. The predicted molar refractivity (Wildman–Crippen MR) is 88.4 cm³/mol. The fraction of sp³-hybridized carbons (Fsp3) is 0.412. The van der Waals surface area contributed by atoms with E-state index in [-0.39, 0.29) is 11.6 Å². The van der Waals surface area contributed by atoms with Gasteiger partial charge in [0.25, 0.3) is 0 Å². The molecule has 3 rings (SSSR count). The van der Waals surface area contributed by atoms with Crippen LogP contribution in [0.4, 0.5) is 10.2 Å². The zero-order valence-electron chi connectivity index (χ0n) is 13.7. The van der Waals surface area contributed by atoms with Gasteiger partial charge in [-0.1, -0.05) is 0 Å². The molecule has 128 valence electrons. The summed E-state index contributed by atoms with van der Waals surface area (Å²) < 4.78 is 18.5. The lowest BCUT2D eigenvalue weighted by Gasteiger charge is -2.38. The summed E-state index contributed by atoms with van der Waals surface area (Å²) in [6.07, 6.45) is 2.30. The number of carbonyl (C=O) groups excluding carboxylic acids is 1. The maximum Gasteiger partial charge on any atom is 0.219 e. The number of methoxy groups -OCH3 is 1. The number of benzene rings is 1. The summed E-state index contributed by atoms with van der Waals surface area (Å²) in [7, 11) is 1.52. The molecule has 0 radical (unpaired) electrons. The van der Waals surface area contributed by atoms with E-state index in [1.807, 2.05) is 0 Å². The molecule has 6 nitrogen and oxygen atoms in total. The first-order valence-electron chi connectivity index (χ1n) is 7.80. The number of ether oxygens (including phenoxy) is 1. The number of nitrogens with one attached hydrogen (secondary N) is 1. The SMILES string of the molecule is COc1cc2nccc(NF)c2cc1C1(O)CCN(C(C)=O)CC1. The maximum absolute atomic E-state index is 13.0. The van der Waals surface area contributed by atoms with Crippen LogP contribution in [0, 0.1) is 0 Å². The Labute approximate surface area is 139 Å². The van der Waals surface area contributed by atoms with E-state index in [0.29, 0.717) is 48.1 Å². The molecule has 1 aliphatic rings. The Hall–Kier alpha value is -2.41. The number of likely N-dealkylation sites (tertiary alicyclic amines) is 1. The van der Waals surface area contributed by atoms with Gasteiger partial charge in [-0.15, -0.1) is 4.48 Å². The van der Waals surface area contributed by atoms with E-state index in [9.17, 15) is 14.4 Å². The zero-order valence-corrected chi connectivity index (χ0v) is 13.7. The summed E-state index contributed by atoms with van der Waals surface area (Å²) in [5, 5.41) is 11.7. The highest BCUT2D eigenvalue weighted by Gasteiger charge is 2.37. The average Bonchev–Trinajstić information content (AvgIpc) is 2.60. The molecule has 1 amide bonds. The third kappa shape index (κ3) is 2.75. The summed E-state index contributed by atoms with van der Waals surface area (Å²) in [5.41, 5.74) is 1.97. The smallest absolute Gasteiger partial charge is 0.219 e. The Morgan fingerprint density at radius 3 is 2.71 bits per heavy atom.